The molecule has 0 spiro atoms. The number of nitrogens with two attached hydrogens (primary N) is 1. The van der Waals surface area contributed by atoms with E-state index in [0.717, 1.165) is 6.42 Å². The molecule has 0 aliphatic carbocycles. The summed E-state index contributed by atoms with van der Waals surface area (Å²) < 4.78 is 0. The van der Waals surface area contributed by atoms with E-state index in [0.29, 0.717) is 13.0 Å². The highest BCUT2D eigenvalue weighted by molar-refractivity contribution is 5.87. The smallest absolute Gasteiger partial charge is 0.241 e. The Labute approximate surface area is 103 Å². The van der Waals surface area contributed by atoms with Crippen molar-refractivity contribution in [1.82, 2.24) is 9.80 Å². The fourth-order valence-corrected chi connectivity index (χ4v) is 1.36. The fraction of sp³-hybridized carbons (Fsp3) is 0.667. The van der Waals surface area contributed by atoms with Crippen LogP contribution in [0.2, 0.25) is 0 Å². The van der Waals surface area contributed by atoms with Crippen LogP contribution in [0.5, 0.6) is 0 Å². The largest absolute Gasteiger partial charge is 0.347 e. The highest BCUT2D eigenvalue weighted by atomic mass is 16.2. The maximum absolute atomic E-state index is 12.0. The van der Waals surface area contributed by atoms with Gasteiger partial charge in [0.15, 0.2) is 0 Å². The quantitative estimate of drug-likeness (QED) is 0.648. The van der Waals surface area contributed by atoms with Crippen LogP contribution in [0.1, 0.15) is 19.8 Å². The van der Waals surface area contributed by atoms with Gasteiger partial charge in [-0.15, -0.1) is 6.58 Å². The highest BCUT2D eigenvalue weighted by Crippen LogP contribution is 2.00. The normalized spacial score (nSPS) is 11.8. The van der Waals surface area contributed by atoms with Crippen LogP contribution in [0.4, 0.5) is 0 Å². The van der Waals surface area contributed by atoms with E-state index >= 15 is 0 Å². The number of carbonyl (C=O) groups is 2. The summed E-state index contributed by atoms with van der Waals surface area (Å²) in [6.07, 6.45) is 2.84. The number of carbonyl (C=O) groups excluding carboxylic acids is 2. The molecule has 0 aromatic rings. The Morgan fingerprint density at radius 3 is 2.41 bits per heavy atom. The number of hydrogen-bond acceptors (Lipinski definition) is 3. The molecule has 0 heterocycles. The van der Waals surface area contributed by atoms with Gasteiger partial charge >= 0.3 is 0 Å². The third-order valence-corrected chi connectivity index (χ3v) is 2.37. The van der Waals surface area contributed by atoms with Crippen molar-refractivity contribution in [3.63, 3.8) is 0 Å². The van der Waals surface area contributed by atoms with E-state index in [1.54, 1.807) is 20.2 Å². The Hall–Kier alpha value is -1.36. The first-order chi connectivity index (χ1) is 7.93. The molecule has 0 saturated heterocycles. The van der Waals surface area contributed by atoms with Gasteiger partial charge in [-0.3, -0.25) is 9.59 Å². The summed E-state index contributed by atoms with van der Waals surface area (Å²) in [4.78, 5) is 26.5. The van der Waals surface area contributed by atoms with E-state index in [-0.39, 0.29) is 18.4 Å². The van der Waals surface area contributed by atoms with Gasteiger partial charge in [0.25, 0.3) is 0 Å². The zero-order valence-corrected chi connectivity index (χ0v) is 11.0. The molecule has 0 aromatic heterocycles. The van der Waals surface area contributed by atoms with E-state index in [2.05, 4.69) is 6.58 Å². The van der Waals surface area contributed by atoms with E-state index < -0.39 is 6.04 Å². The number of likely N-dealkylation sites (N-methyl/N-ethyl adjacent to an activating group) is 1. The molecule has 5 heteroatoms. The van der Waals surface area contributed by atoms with E-state index in [1.807, 2.05) is 6.92 Å². The maximum Gasteiger partial charge on any atom is 0.241 e. The Balaban J connectivity index is 4.55. The van der Waals surface area contributed by atoms with Crippen molar-refractivity contribution in [3.05, 3.63) is 12.7 Å². The average molecular weight is 241 g/mol. The van der Waals surface area contributed by atoms with Gasteiger partial charge in [-0.2, -0.15) is 0 Å². The number of nitrogens with zero attached hydrogens (tertiary/aromatic N) is 2. The van der Waals surface area contributed by atoms with Crippen molar-refractivity contribution < 1.29 is 9.59 Å². The molecule has 1 unspecified atom stereocenters. The van der Waals surface area contributed by atoms with Crippen LogP contribution < -0.4 is 5.73 Å². The topological polar surface area (TPSA) is 66.6 Å². The summed E-state index contributed by atoms with van der Waals surface area (Å²) in [5.74, 6) is -0.292. The van der Waals surface area contributed by atoms with Crippen LogP contribution in [-0.2, 0) is 9.59 Å². The van der Waals surface area contributed by atoms with Crippen LogP contribution in [-0.4, -0.2) is 54.8 Å². The summed E-state index contributed by atoms with van der Waals surface area (Å²) in [6, 6.07) is -0.603. The highest BCUT2D eigenvalue weighted by Gasteiger charge is 2.22. The third kappa shape index (κ3) is 5.49. The summed E-state index contributed by atoms with van der Waals surface area (Å²) in [7, 11) is 3.33. The van der Waals surface area contributed by atoms with Crippen molar-refractivity contribution in [3.8, 4) is 0 Å². The van der Waals surface area contributed by atoms with Crippen molar-refractivity contribution in [2.24, 2.45) is 5.73 Å². The standard InChI is InChI=1S/C12H23N3O2/c1-5-7-10(13)12(17)15(8-6-2)9-11(16)14(3)4/h5,10H,1,6-9,13H2,2-4H3. The Morgan fingerprint density at radius 1 is 1.41 bits per heavy atom. The van der Waals surface area contributed by atoms with Crippen molar-refractivity contribution >= 4 is 11.8 Å². The molecule has 5 nitrogen and oxygen atoms in total. The molecule has 2 amide bonds. The van der Waals surface area contributed by atoms with Gasteiger partial charge in [-0.05, 0) is 12.8 Å². The molecule has 0 aromatic carbocycles. The lowest BCUT2D eigenvalue weighted by Crippen LogP contribution is -2.47. The molecule has 0 bridgehead atoms. The van der Waals surface area contributed by atoms with Crippen LogP contribution in [0, 0.1) is 0 Å². The molecule has 0 aliphatic heterocycles. The average Bonchev–Trinajstić information content (AvgIpc) is 2.27. The van der Waals surface area contributed by atoms with Gasteiger partial charge in [0.1, 0.15) is 0 Å². The minimum absolute atomic E-state index is 0.0878. The van der Waals surface area contributed by atoms with Gasteiger partial charge in [0.2, 0.25) is 11.8 Å². The molecule has 0 aliphatic rings. The SMILES string of the molecule is C=CCC(N)C(=O)N(CCC)CC(=O)N(C)C. The second-order valence-electron chi connectivity index (χ2n) is 4.18. The molecule has 0 radical (unpaired) electrons. The van der Waals surface area contributed by atoms with Gasteiger partial charge in [0, 0.05) is 20.6 Å². The number of amides is 2. The molecule has 0 saturated carbocycles. The Bertz CT molecular complexity index is 277. The molecule has 17 heavy (non-hydrogen) atoms. The summed E-state index contributed by atoms with van der Waals surface area (Å²) in [5, 5.41) is 0. The van der Waals surface area contributed by atoms with Crippen molar-refractivity contribution in [2.45, 2.75) is 25.8 Å². The van der Waals surface area contributed by atoms with E-state index in [1.165, 1.54) is 9.80 Å². The first-order valence-electron chi connectivity index (χ1n) is 5.79. The predicted octanol–water partition coefficient (Wildman–Crippen LogP) is 0.217. The molecule has 1 atom stereocenters. The van der Waals surface area contributed by atoms with E-state index in [4.69, 9.17) is 5.73 Å². The van der Waals surface area contributed by atoms with Crippen molar-refractivity contribution in [1.29, 1.82) is 0 Å². The summed E-state index contributed by atoms with van der Waals surface area (Å²) in [5.41, 5.74) is 5.72. The minimum Gasteiger partial charge on any atom is -0.347 e. The van der Waals surface area contributed by atoms with Crippen LogP contribution >= 0.6 is 0 Å². The second-order valence-corrected chi connectivity index (χ2v) is 4.18. The molecule has 2 N–H and O–H groups in total. The lowest BCUT2D eigenvalue weighted by Gasteiger charge is -2.25. The van der Waals surface area contributed by atoms with Crippen LogP contribution in [0.15, 0.2) is 12.7 Å². The molecular weight excluding hydrogens is 218 g/mol. The van der Waals surface area contributed by atoms with Gasteiger partial charge in [0.05, 0.1) is 12.6 Å². The van der Waals surface area contributed by atoms with Gasteiger partial charge in [-0.25, -0.2) is 0 Å². The zero-order chi connectivity index (χ0) is 13.4. The van der Waals surface area contributed by atoms with Gasteiger partial charge in [-0.1, -0.05) is 13.0 Å². The molecule has 98 valence electrons. The minimum atomic E-state index is -0.603. The van der Waals surface area contributed by atoms with Crippen molar-refractivity contribution in [2.75, 3.05) is 27.2 Å². The fourth-order valence-electron chi connectivity index (χ4n) is 1.36. The number of rotatable bonds is 7. The lowest BCUT2D eigenvalue weighted by molar-refractivity contribution is -0.140. The molecule has 0 rings (SSSR count). The Morgan fingerprint density at radius 2 is 2.00 bits per heavy atom. The molecule has 0 fully saturated rings. The second kappa shape index (κ2) is 7.84. The molecular formula is C12H23N3O2. The van der Waals surface area contributed by atoms with Crippen LogP contribution in [0.3, 0.4) is 0 Å². The third-order valence-electron chi connectivity index (χ3n) is 2.37. The lowest BCUT2D eigenvalue weighted by atomic mass is 10.2. The summed E-state index contributed by atoms with van der Waals surface area (Å²) >= 11 is 0. The maximum atomic E-state index is 12.0. The summed E-state index contributed by atoms with van der Waals surface area (Å²) in [6.45, 7) is 6.14. The number of hydrogen-bond donors (Lipinski definition) is 1. The zero-order valence-electron chi connectivity index (χ0n) is 11.0. The predicted molar refractivity (Wildman–Crippen MR) is 68.4 cm³/mol. The van der Waals surface area contributed by atoms with Gasteiger partial charge < -0.3 is 15.5 Å². The van der Waals surface area contributed by atoms with E-state index in [9.17, 15) is 9.59 Å². The van der Waals surface area contributed by atoms with Crippen LogP contribution in [0.25, 0.3) is 0 Å². The monoisotopic (exact) mass is 241 g/mol. The first-order valence-corrected chi connectivity index (χ1v) is 5.79. The first kappa shape index (κ1) is 15.6. The Kier molecular flexibility index (Phi) is 7.21.